The van der Waals surface area contributed by atoms with Gasteiger partial charge in [-0.2, -0.15) is 0 Å². The van der Waals surface area contributed by atoms with E-state index in [2.05, 4.69) is 25.9 Å². The molecule has 7 heteroatoms. The van der Waals surface area contributed by atoms with Gasteiger partial charge >= 0.3 is 0 Å². The Morgan fingerprint density at radius 1 is 1.14 bits per heavy atom. The second kappa shape index (κ2) is 9.64. The van der Waals surface area contributed by atoms with Gasteiger partial charge in [0.15, 0.2) is 5.96 Å². The molecule has 0 unspecified atom stereocenters. The van der Waals surface area contributed by atoms with Gasteiger partial charge < -0.3 is 25.1 Å². The number of fused-ring (bicyclic) bond motifs is 1. The van der Waals surface area contributed by atoms with Crippen LogP contribution in [0.2, 0.25) is 0 Å². The number of benzene rings is 2. The number of hydrogen-bond donors (Lipinski definition) is 2. The molecule has 7 nitrogen and oxygen atoms in total. The van der Waals surface area contributed by atoms with E-state index in [9.17, 15) is 0 Å². The third-order valence-corrected chi connectivity index (χ3v) is 4.19. The summed E-state index contributed by atoms with van der Waals surface area (Å²) in [6, 6.07) is 13.7. The van der Waals surface area contributed by atoms with Gasteiger partial charge in [0.25, 0.3) is 0 Å². The number of aliphatic imine (C=N–C) groups is 1. The predicted molar refractivity (Wildman–Crippen MR) is 113 cm³/mol. The second-order valence-electron chi connectivity index (χ2n) is 6.20. The van der Waals surface area contributed by atoms with Crippen molar-refractivity contribution >= 4 is 22.7 Å². The zero-order chi connectivity index (χ0) is 19.8. The van der Waals surface area contributed by atoms with Crippen LogP contribution < -0.4 is 20.5 Å². The van der Waals surface area contributed by atoms with Gasteiger partial charge in [0.1, 0.15) is 11.5 Å². The Morgan fingerprint density at radius 2 is 1.96 bits per heavy atom. The highest BCUT2D eigenvalue weighted by Crippen LogP contribution is 2.29. The maximum atomic E-state index is 6.07. The average Bonchev–Trinajstić information content (AvgIpc) is 3.11. The molecule has 0 fully saturated rings. The third kappa shape index (κ3) is 4.94. The summed E-state index contributed by atoms with van der Waals surface area (Å²) in [6.07, 6.45) is 2.73. The fraction of sp³-hybridized carbons (Fsp3) is 0.333. The number of ether oxygens (including phenoxy) is 2. The zero-order valence-electron chi connectivity index (χ0n) is 16.4. The molecule has 0 saturated heterocycles. The van der Waals surface area contributed by atoms with Gasteiger partial charge in [-0.1, -0.05) is 12.1 Å². The van der Waals surface area contributed by atoms with Gasteiger partial charge in [-0.3, -0.25) is 4.99 Å². The van der Waals surface area contributed by atoms with Crippen LogP contribution in [0.25, 0.3) is 11.0 Å². The van der Waals surface area contributed by atoms with E-state index < -0.39 is 0 Å². The first-order chi connectivity index (χ1) is 13.7. The SMILES string of the molecule is CCOc1ccc(OCC)c(NC(N)=NCCCn2cnc3ccccc32)c1. The minimum atomic E-state index is 0.352. The Bertz CT molecular complexity index is 935. The van der Waals surface area contributed by atoms with E-state index in [0.29, 0.717) is 31.5 Å². The number of nitrogens with one attached hydrogen (secondary N) is 1. The van der Waals surface area contributed by atoms with Crippen LogP contribution in [0, 0.1) is 0 Å². The number of hydrogen-bond acceptors (Lipinski definition) is 4. The number of guanidine groups is 1. The summed E-state index contributed by atoms with van der Waals surface area (Å²) in [5, 5.41) is 3.12. The number of nitrogens with zero attached hydrogens (tertiary/aromatic N) is 3. The van der Waals surface area contributed by atoms with E-state index in [-0.39, 0.29) is 0 Å². The van der Waals surface area contributed by atoms with Gasteiger partial charge in [0.2, 0.25) is 0 Å². The van der Waals surface area contributed by atoms with E-state index >= 15 is 0 Å². The fourth-order valence-electron chi connectivity index (χ4n) is 2.95. The van der Waals surface area contributed by atoms with Gasteiger partial charge in [0.05, 0.1) is 36.3 Å². The van der Waals surface area contributed by atoms with Crippen molar-refractivity contribution in [2.45, 2.75) is 26.8 Å². The molecule has 0 saturated carbocycles. The molecule has 0 amide bonds. The number of aromatic nitrogens is 2. The summed E-state index contributed by atoms with van der Waals surface area (Å²) in [4.78, 5) is 8.83. The molecule has 3 N–H and O–H groups in total. The highest BCUT2D eigenvalue weighted by molar-refractivity contribution is 5.94. The molecule has 3 aromatic rings. The van der Waals surface area contributed by atoms with Crippen molar-refractivity contribution in [2.75, 3.05) is 25.1 Å². The van der Waals surface area contributed by atoms with E-state index in [1.165, 1.54) is 0 Å². The number of anilines is 1. The molecule has 1 aromatic heterocycles. The van der Waals surface area contributed by atoms with Crippen molar-refractivity contribution in [3.8, 4) is 11.5 Å². The standard InChI is InChI=1S/C21H27N5O2/c1-3-27-16-10-11-20(28-4-2)18(14-16)25-21(22)23-12-7-13-26-15-24-17-8-5-6-9-19(17)26/h5-6,8-11,14-15H,3-4,7,12-13H2,1-2H3,(H3,22,23,25). The van der Waals surface area contributed by atoms with E-state index in [4.69, 9.17) is 15.2 Å². The molecule has 0 spiro atoms. The Hall–Kier alpha value is -3.22. The lowest BCUT2D eigenvalue weighted by molar-refractivity contribution is 0.332. The Kier molecular flexibility index (Phi) is 6.73. The van der Waals surface area contributed by atoms with Crippen LogP contribution in [0.15, 0.2) is 53.8 Å². The summed E-state index contributed by atoms with van der Waals surface area (Å²) >= 11 is 0. The van der Waals surface area contributed by atoms with Crippen molar-refractivity contribution in [2.24, 2.45) is 10.7 Å². The first kappa shape index (κ1) is 19.5. The van der Waals surface area contributed by atoms with Crippen molar-refractivity contribution in [1.82, 2.24) is 9.55 Å². The van der Waals surface area contributed by atoms with Crippen LogP contribution in [0.4, 0.5) is 5.69 Å². The minimum absolute atomic E-state index is 0.352. The summed E-state index contributed by atoms with van der Waals surface area (Å²) in [6.45, 7) is 6.50. The molecule has 0 atom stereocenters. The van der Waals surface area contributed by atoms with Crippen LogP contribution in [0.5, 0.6) is 11.5 Å². The molecular weight excluding hydrogens is 354 g/mol. The van der Waals surface area contributed by atoms with Crippen LogP contribution in [-0.2, 0) is 6.54 Å². The number of rotatable bonds is 9. The molecule has 2 aromatic carbocycles. The monoisotopic (exact) mass is 381 g/mol. The lowest BCUT2D eigenvalue weighted by atomic mass is 10.2. The highest BCUT2D eigenvalue weighted by Gasteiger charge is 2.07. The smallest absolute Gasteiger partial charge is 0.193 e. The van der Waals surface area contributed by atoms with Gasteiger partial charge in [0, 0.05) is 19.2 Å². The van der Waals surface area contributed by atoms with Crippen LogP contribution >= 0.6 is 0 Å². The lowest BCUT2D eigenvalue weighted by Gasteiger charge is -2.14. The van der Waals surface area contributed by atoms with Gasteiger partial charge in [-0.15, -0.1) is 0 Å². The number of imidazole rings is 1. The quantitative estimate of drug-likeness (QED) is 0.336. The van der Waals surface area contributed by atoms with Crippen molar-refractivity contribution < 1.29 is 9.47 Å². The van der Waals surface area contributed by atoms with E-state index in [1.807, 2.05) is 56.6 Å². The zero-order valence-corrected chi connectivity index (χ0v) is 16.4. The molecular formula is C21H27N5O2. The third-order valence-electron chi connectivity index (χ3n) is 4.19. The molecule has 0 aliphatic carbocycles. The summed E-state index contributed by atoms with van der Waals surface area (Å²) < 4.78 is 13.3. The highest BCUT2D eigenvalue weighted by atomic mass is 16.5. The minimum Gasteiger partial charge on any atom is -0.494 e. The first-order valence-corrected chi connectivity index (χ1v) is 9.57. The van der Waals surface area contributed by atoms with Crippen LogP contribution in [-0.4, -0.2) is 35.3 Å². The fourth-order valence-corrected chi connectivity index (χ4v) is 2.95. The predicted octanol–water partition coefficient (Wildman–Crippen LogP) is 3.65. The number of para-hydroxylation sites is 2. The molecule has 3 rings (SSSR count). The maximum absolute atomic E-state index is 6.07. The van der Waals surface area contributed by atoms with Crippen molar-refractivity contribution in [1.29, 1.82) is 0 Å². The van der Waals surface area contributed by atoms with Crippen LogP contribution in [0.1, 0.15) is 20.3 Å². The summed E-state index contributed by atoms with van der Waals surface area (Å²) in [5.41, 5.74) is 8.95. The molecule has 0 aliphatic rings. The molecule has 0 radical (unpaired) electrons. The Labute approximate surface area is 165 Å². The molecule has 28 heavy (non-hydrogen) atoms. The second-order valence-corrected chi connectivity index (χ2v) is 6.20. The number of nitrogens with two attached hydrogens (primary N) is 1. The Balaban J connectivity index is 1.58. The first-order valence-electron chi connectivity index (χ1n) is 9.57. The molecule has 0 aliphatic heterocycles. The molecule has 1 heterocycles. The summed E-state index contributed by atoms with van der Waals surface area (Å²) in [7, 11) is 0. The van der Waals surface area contributed by atoms with Crippen LogP contribution in [0.3, 0.4) is 0 Å². The van der Waals surface area contributed by atoms with E-state index in [0.717, 1.165) is 35.4 Å². The Morgan fingerprint density at radius 3 is 2.79 bits per heavy atom. The summed E-state index contributed by atoms with van der Waals surface area (Å²) in [5.74, 6) is 1.83. The number of aryl methyl sites for hydroxylation is 1. The normalized spacial score (nSPS) is 11.6. The molecule has 0 bridgehead atoms. The van der Waals surface area contributed by atoms with Crippen molar-refractivity contribution in [3.05, 3.63) is 48.8 Å². The van der Waals surface area contributed by atoms with Gasteiger partial charge in [-0.25, -0.2) is 4.98 Å². The lowest BCUT2D eigenvalue weighted by Crippen LogP contribution is -2.23. The van der Waals surface area contributed by atoms with Crippen molar-refractivity contribution in [3.63, 3.8) is 0 Å². The average molecular weight is 381 g/mol. The largest absolute Gasteiger partial charge is 0.494 e. The topological polar surface area (TPSA) is 86.7 Å². The maximum Gasteiger partial charge on any atom is 0.193 e. The molecule has 148 valence electrons. The van der Waals surface area contributed by atoms with E-state index in [1.54, 1.807) is 0 Å². The van der Waals surface area contributed by atoms with Gasteiger partial charge in [-0.05, 0) is 44.5 Å².